The normalized spacial score (nSPS) is 12.3. The van der Waals surface area contributed by atoms with Crippen LogP contribution in [0.25, 0.3) is 0 Å². The summed E-state index contributed by atoms with van der Waals surface area (Å²) >= 11 is 1.85. The molecule has 0 saturated carbocycles. The third-order valence-electron chi connectivity index (χ3n) is 3.48. The Balaban J connectivity index is 1.97. The van der Waals surface area contributed by atoms with E-state index in [1.807, 2.05) is 23.9 Å². The van der Waals surface area contributed by atoms with Gasteiger partial charge in [-0.2, -0.15) is 0 Å². The lowest BCUT2D eigenvalue weighted by Crippen LogP contribution is -2.17. The van der Waals surface area contributed by atoms with Crippen LogP contribution in [0.4, 0.5) is 0 Å². The predicted octanol–water partition coefficient (Wildman–Crippen LogP) is 4.14. The zero-order chi connectivity index (χ0) is 15.1. The first-order valence-corrected chi connectivity index (χ1v) is 8.36. The molecule has 2 nitrogen and oxygen atoms in total. The lowest BCUT2D eigenvalue weighted by Gasteiger charge is -2.13. The monoisotopic (exact) mass is 301 g/mol. The van der Waals surface area contributed by atoms with E-state index in [-0.39, 0.29) is 6.61 Å². The fourth-order valence-corrected chi connectivity index (χ4v) is 3.13. The molecule has 0 radical (unpaired) electrons. The highest BCUT2D eigenvalue weighted by Gasteiger charge is 2.04. The minimum atomic E-state index is 0.109. The first-order chi connectivity index (χ1) is 10.2. The lowest BCUT2D eigenvalue weighted by atomic mass is 10.1. The minimum Gasteiger partial charge on any atom is -0.392 e. The Morgan fingerprint density at radius 2 is 1.81 bits per heavy atom. The molecule has 2 N–H and O–H groups in total. The number of rotatable bonds is 7. The molecule has 2 aromatic rings. The number of aliphatic hydroxyl groups excluding tert-OH is 1. The molecule has 0 aliphatic rings. The van der Waals surface area contributed by atoms with Crippen molar-refractivity contribution in [2.24, 2.45) is 0 Å². The first-order valence-electron chi connectivity index (χ1n) is 7.37. The number of nitrogens with one attached hydrogen (secondary N) is 1. The van der Waals surface area contributed by atoms with Crippen LogP contribution in [0.2, 0.25) is 0 Å². The number of hydrogen-bond acceptors (Lipinski definition) is 3. The van der Waals surface area contributed by atoms with Gasteiger partial charge >= 0.3 is 0 Å². The summed E-state index contributed by atoms with van der Waals surface area (Å²) in [5.74, 6) is 0.949. The van der Waals surface area contributed by atoms with Crippen LogP contribution in [0.15, 0.2) is 53.4 Å². The molecule has 1 unspecified atom stereocenters. The predicted molar refractivity (Wildman–Crippen MR) is 90.5 cm³/mol. The van der Waals surface area contributed by atoms with E-state index in [1.54, 1.807) is 0 Å². The largest absolute Gasteiger partial charge is 0.392 e. The molecule has 21 heavy (non-hydrogen) atoms. The molecule has 0 aliphatic heterocycles. The molecule has 2 aromatic carbocycles. The Labute approximate surface area is 131 Å². The van der Waals surface area contributed by atoms with Gasteiger partial charge < -0.3 is 10.4 Å². The second-order valence-electron chi connectivity index (χ2n) is 5.12. The molecule has 112 valence electrons. The lowest BCUT2D eigenvalue weighted by molar-refractivity contribution is 0.282. The van der Waals surface area contributed by atoms with Crippen LogP contribution in [-0.4, -0.2) is 11.7 Å². The Morgan fingerprint density at radius 3 is 2.48 bits per heavy atom. The zero-order valence-electron chi connectivity index (χ0n) is 12.7. The van der Waals surface area contributed by atoms with Gasteiger partial charge in [-0.3, -0.25) is 0 Å². The van der Waals surface area contributed by atoms with Crippen molar-refractivity contribution in [2.75, 3.05) is 6.54 Å². The first kappa shape index (κ1) is 16.1. The van der Waals surface area contributed by atoms with Gasteiger partial charge in [0.2, 0.25) is 0 Å². The average Bonchev–Trinajstić information content (AvgIpc) is 2.54. The maximum Gasteiger partial charge on any atom is 0.0681 e. The van der Waals surface area contributed by atoms with Gasteiger partial charge in [0, 0.05) is 16.7 Å². The van der Waals surface area contributed by atoms with E-state index in [9.17, 15) is 0 Å². The van der Waals surface area contributed by atoms with Gasteiger partial charge in [-0.25, -0.2) is 0 Å². The van der Waals surface area contributed by atoms with Gasteiger partial charge in [0.1, 0.15) is 0 Å². The van der Waals surface area contributed by atoms with Crippen molar-refractivity contribution in [3.8, 4) is 0 Å². The van der Waals surface area contributed by atoms with Crippen molar-refractivity contribution < 1.29 is 5.11 Å². The van der Waals surface area contributed by atoms with Crippen molar-refractivity contribution >= 4 is 11.8 Å². The van der Waals surface area contributed by atoms with E-state index < -0.39 is 0 Å². The van der Waals surface area contributed by atoms with E-state index in [0.717, 1.165) is 17.9 Å². The summed E-state index contributed by atoms with van der Waals surface area (Å²) in [5, 5.41) is 12.5. The summed E-state index contributed by atoms with van der Waals surface area (Å²) in [6.07, 6.45) is 0. The van der Waals surface area contributed by atoms with Crippen molar-refractivity contribution in [1.82, 2.24) is 5.32 Å². The fourth-order valence-electron chi connectivity index (χ4n) is 2.21. The molecule has 2 rings (SSSR count). The molecule has 0 aromatic heterocycles. The maximum atomic E-state index is 9.05. The quantitative estimate of drug-likeness (QED) is 0.754. The van der Waals surface area contributed by atoms with Crippen LogP contribution >= 0.6 is 11.8 Å². The van der Waals surface area contributed by atoms with Gasteiger partial charge in [0.25, 0.3) is 0 Å². The minimum absolute atomic E-state index is 0.109. The number of hydrogen-bond donors (Lipinski definition) is 2. The van der Waals surface area contributed by atoms with Gasteiger partial charge in [0.05, 0.1) is 6.61 Å². The SMILES string of the molecule is CCNC(C)c1cccc(SCc2ccc(CO)cc2)c1. The number of benzene rings is 2. The molecule has 0 fully saturated rings. The number of aliphatic hydroxyl groups is 1. The Bertz CT molecular complexity index is 553. The summed E-state index contributed by atoms with van der Waals surface area (Å²) < 4.78 is 0. The van der Waals surface area contributed by atoms with Gasteiger partial charge in [0.15, 0.2) is 0 Å². The van der Waals surface area contributed by atoms with E-state index in [0.29, 0.717) is 6.04 Å². The van der Waals surface area contributed by atoms with Crippen LogP contribution in [-0.2, 0) is 12.4 Å². The van der Waals surface area contributed by atoms with Crippen LogP contribution in [0.5, 0.6) is 0 Å². The summed E-state index contributed by atoms with van der Waals surface area (Å²) in [7, 11) is 0. The van der Waals surface area contributed by atoms with E-state index >= 15 is 0 Å². The molecule has 0 heterocycles. The highest BCUT2D eigenvalue weighted by atomic mass is 32.2. The van der Waals surface area contributed by atoms with E-state index in [1.165, 1.54) is 16.0 Å². The third kappa shape index (κ3) is 4.88. The smallest absolute Gasteiger partial charge is 0.0681 e. The molecule has 0 aliphatic carbocycles. The van der Waals surface area contributed by atoms with Crippen LogP contribution < -0.4 is 5.32 Å². The Hall–Kier alpha value is -1.29. The topological polar surface area (TPSA) is 32.3 Å². The molecule has 0 amide bonds. The standard InChI is InChI=1S/C18H23NOS/c1-3-19-14(2)17-5-4-6-18(11-17)21-13-16-9-7-15(12-20)8-10-16/h4-11,14,19-20H,3,12-13H2,1-2H3. The van der Waals surface area contributed by atoms with Crippen LogP contribution in [0.3, 0.4) is 0 Å². The molecule has 0 bridgehead atoms. The van der Waals surface area contributed by atoms with Crippen LogP contribution in [0, 0.1) is 0 Å². The number of thioether (sulfide) groups is 1. The Morgan fingerprint density at radius 1 is 1.10 bits per heavy atom. The molecular weight excluding hydrogens is 278 g/mol. The third-order valence-corrected chi connectivity index (χ3v) is 4.54. The molecular formula is C18H23NOS. The molecule has 0 spiro atoms. The van der Waals surface area contributed by atoms with E-state index in [4.69, 9.17) is 5.11 Å². The van der Waals surface area contributed by atoms with Gasteiger partial charge in [-0.05, 0) is 42.3 Å². The summed E-state index contributed by atoms with van der Waals surface area (Å²) in [4.78, 5) is 1.29. The molecule has 0 saturated heterocycles. The summed E-state index contributed by atoms with van der Waals surface area (Å²) in [6.45, 7) is 5.42. The van der Waals surface area contributed by atoms with Crippen molar-refractivity contribution in [3.05, 3.63) is 65.2 Å². The molecule has 3 heteroatoms. The maximum absolute atomic E-state index is 9.05. The van der Waals surface area contributed by atoms with Crippen LogP contribution in [0.1, 0.15) is 36.6 Å². The Kier molecular flexibility index (Phi) is 6.30. The highest BCUT2D eigenvalue weighted by Crippen LogP contribution is 2.25. The van der Waals surface area contributed by atoms with E-state index in [2.05, 4.69) is 55.6 Å². The average molecular weight is 301 g/mol. The zero-order valence-corrected chi connectivity index (χ0v) is 13.5. The highest BCUT2D eigenvalue weighted by molar-refractivity contribution is 7.98. The summed E-state index contributed by atoms with van der Waals surface area (Å²) in [6, 6.07) is 17.3. The molecule has 1 atom stereocenters. The second-order valence-corrected chi connectivity index (χ2v) is 6.16. The van der Waals surface area contributed by atoms with Crippen molar-refractivity contribution in [3.63, 3.8) is 0 Å². The second kappa shape index (κ2) is 8.23. The fraction of sp³-hybridized carbons (Fsp3) is 0.333. The van der Waals surface area contributed by atoms with Crippen molar-refractivity contribution in [2.45, 2.75) is 37.1 Å². The van der Waals surface area contributed by atoms with Gasteiger partial charge in [-0.1, -0.05) is 43.3 Å². The van der Waals surface area contributed by atoms with Gasteiger partial charge in [-0.15, -0.1) is 11.8 Å². The van der Waals surface area contributed by atoms with Crippen molar-refractivity contribution in [1.29, 1.82) is 0 Å². The summed E-state index contributed by atoms with van der Waals surface area (Å²) in [5.41, 5.74) is 3.57.